The predicted molar refractivity (Wildman–Crippen MR) is 60.9 cm³/mol. The summed E-state index contributed by atoms with van der Waals surface area (Å²) in [5, 5.41) is 0.604. The molecule has 78 valence electrons. The van der Waals surface area contributed by atoms with Gasteiger partial charge in [0, 0.05) is 13.1 Å². The fourth-order valence-corrected chi connectivity index (χ4v) is 1.61. The van der Waals surface area contributed by atoms with Gasteiger partial charge >= 0.3 is 0 Å². The van der Waals surface area contributed by atoms with E-state index in [0.717, 1.165) is 0 Å². The molecule has 0 amide bonds. The first-order valence-corrected chi connectivity index (χ1v) is 4.81. The number of aromatic amines is 1. The first-order chi connectivity index (χ1) is 7.13. The van der Waals surface area contributed by atoms with Gasteiger partial charge < -0.3 is 9.72 Å². The fraction of sp³-hybridized carbons (Fsp3) is 0.200. The lowest BCUT2D eigenvalue weighted by molar-refractivity contribution is 0.415. The number of methoxy groups -OCH3 is 1. The minimum atomic E-state index is -0.101. The number of rotatable bonds is 1. The summed E-state index contributed by atoms with van der Waals surface area (Å²) in [6.07, 6.45) is 0. The van der Waals surface area contributed by atoms with Crippen molar-refractivity contribution < 1.29 is 4.74 Å². The van der Waals surface area contributed by atoms with E-state index < -0.39 is 0 Å². The van der Waals surface area contributed by atoms with Gasteiger partial charge in [0.25, 0.3) is 5.56 Å². The molecule has 0 aliphatic heterocycles. The maximum absolute atomic E-state index is 11.8. The van der Waals surface area contributed by atoms with Crippen LogP contribution < -0.4 is 10.3 Å². The van der Waals surface area contributed by atoms with Crippen LogP contribution in [0.15, 0.2) is 23.0 Å². The van der Waals surface area contributed by atoms with E-state index in [1.807, 2.05) is 0 Å². The van der Waals surface area contributed by atoms with Crippen LogP contribution in [0.5, 0.6) is 5.75 Å². The van der Waals surface area contributed by atoms with E-state index in [1.54, 1.807) is 32.4 Å². The molecule has 0 spiro atoms. The Kier molecular flexibility index (Phi) is 2.32. The molecule has 0 saturated carbocycles. The molecular weight excluding hydrogens is 212 g/mol. The molecular formula is C10H10N2O2S. The molecule has 0 aliphatic carbocycles. The smallest absolute Gasteiger partial charge is 0.261 e. The zero-order valence-corrected chi connectivity index (χ0v) is 9.22. The zero-order chi connectivity index (χ0) is 11.0. The van der Waals surface area contributed by atoms with Gasteiger partial charge in [0.05, 0.1) is 18.0 Å². The second-order valence-electron chi connectivity index (χ2n) is 3.21. The normalized spacial score (nSPS) is 10.5. The Morgan fingerprint density at radius 1 is 1.47 bits per heavy atom. The van der Waals surface area contributed by atoms with Crippen LogP contribution in [0, 0.1) is 4.77 Å². The first-order valence-electron chi connectivity index (χ1n) is 4.40. The fourth-order valence-electron chi connectivity index (χ4n) is 1.41. The van der Waals surface area contributed by atoms with E-state index in [0.29, 0.717) is 21.4 Å². The molecule has 0 saturated heterocycles. The van der Waals surface area contributed by atoms with Crippen LogP contribution in [0.4, 0.5) is 0 Å². The topological polar surface area (TPSA) is 47.0 Å². The molecule has 0 aliphatic rings. The molecule has 1 heterocycles. The third-order valence-corrected chi connectivity index (χ3v) is 2.68. The Labute approximate surface area is 91.1 Å². The predicted octanol–water partition coefficient (Wildman–Crippen LogP) is 1.60. The molecule has 5 heteroatoms. The summed E-state index contributed by atoms with van der Waals surface area (Å²) in [4.78, 5) is 14.8. The lowest BCUT2D eigenvalue weighted by Gasteiger charge is -2.04. The number of aromatic nitrogens is 2. The van der Waals surface area contributed by atoms with Gasteiger partial charge in [-0.15, -0.1) is 0 Å². The monoisotopic (exact) mass is 222 g/mol. The highest BCUT2D eigenvalue weighted by Gasteiger charge is 2.03. The molecule has 4 nitrogen and oxygen atoms in total. The second kappa shape index (κ2) is 3.51. The third-order valence-electron chi connectivity index (χ3n) is 2.31. The number of hydrogen-bond acceptors (Lipinski definition) is 3. The minimum absolute atomic E-state index is 0.101. The maximum Gasteiger partial charge on any atom is 0.261 e. The average Bonchev–Trinajstić information content (AvgIpc) is 2.25. The summed E-state index contributed by atoms with van der Waals surface area (Å²) in [5.74, 6) is 0.696. The quantitative estimate of drug-likeness (QED) is 0.745. The van der Waals surface area contributed by atoms with Crippen molar-refractivity contribution in [2.75, 3.05) is 7.11 Å². The van der Waals surface area contributed by atoms with E-state index in [4.69, 9.17) is 17.0 Å². The van der Waals surface area contributed by atoms with Gasteiger partial charge in [-0.05, 0) is 24.4 Å². The number of hydrogen-bond donors (Lipinski definition) is 1. The molecule has 2 aromatic rings. The highest BCUT2D eigenvalue weighted by molar-refractivity contribution is 7.71. The van der Waals surface area contributed by atoms with Crippen molar-refractivity contribution in [3.8, 4) is 5.75 Å². The van der Waals surface area contributed by atoms with Crippen LogP contribution in [0.2, 0.25) is 0 Å². The molecule has 1 aromatic carbocycles. The Balaban J connectivity index is 2.93. The summed E-state index contributed by atoms with van der Waals surface area (Å²) in [6.45, 7) is 0. The van der Waals surface area contributed by atoms with E-state index in [9.17, 15) is 4.79 Å². The number of fused-ring (bicyclic) bond motifs is 1. The maximum atomic E-state index is 11.8. The summed E-state index contributed by atoms with van der Waals surface area (Å²) in [7, 11) is 3.22. The second-order valence-corrected chi connectivity index (χ2v) is 3.59. The molecule has 0 bridgehead atoms. The van der Waals surface area contributed by atoms with E-state index in [1.165, 1.54) is 4.57 Å². The average molecular weight is 222 g/mol. The minimum Gasteiger partial charge on any atom is -0.497 e. The lowest BCUT2D eigenvalue weighted by atomic mass is 10.2. The third kappa shape index (κ3) is 1.55. The number of nitrogens with one attached hydrogen (secondary N) is 1. The van der Waals surface area contributed by atoms with Crippen molar-refractivity contribution in [1.29, 1.82) is 0 Å². The van der Waals surface area contributed by atoms with Crippen LogP contribution in [-0.2, 0) is 7.05 Å². The van der Waals surface area contributed by atoms with E-state index >= 15 is 0 Å². The Morgan fingerprint density at radius 3 is 2.87 bits per heavy atom. The molecule has 0 radical (unpaired) electrons. The molecule has 1 aromatic heterocycles. The van der Waals surface area contributed by atoms with Gasteiger partial charge in [0.15, 0.2) is 4.77 Å². The van der Waals surface area contributed by atoms with E-state index in [-0.39, 0.29) is 5.56 Å². The van der Waals surface area contributed by atoms with Gasteiger partial charge in [-0.2, -0.15) is 0 Å². The SMILES string of the molecule is COc1ccc2c(=O)n(C)c(=S)[nH]c2c1. The lowest BCUT2D eigenvalue weighted by Crippen LogP contribution is -2.18. The molecule has 1 N–H and O–H groups in total. The van der Waals surface area contributed by atoms with Crippen molar-refractivity contribution >= 4 is 23.1 Å². The van der Waals surface area contributed by atoms with Crippen molar-refractivity contribution in [1.82, 2.24) is 9.55 Å². The zero-order valence-electron chi connectivity index (χ0n) is 8.40. The van der Waals surface area contributed by atoms with Gasteiger partial charge in [0.1, 0.15) is 5.75 Å². The first kappa shape index (κ1) is 9.92. The van der Waals surface area contributed by atoms with Crippen molar-refractivity contribution in [2.24, 2.45) is 7.05 Å². The summed E-state index contributed by atoms with van der Waals surface area (Å²) < 4.78 is 6.88. The van der Waals surface area contributed by atoms with Crippen LogP contribution >= 0.6 is 12.2 Å². The highest BCUT2D eigenvalue weighted by Crippen LogP contribution is 2.15. The largest absolute Gasteiger partial charge is 0.497 e. The molecule has 15 heavy (non-hydrogen) atoms. The number of benzene rings is 1. The van der Waals surface area contributed by atoms with Crippen molar-refractivity contribution in [2.45, 2.75) is 0 Å². The van der Waals surface area contributed by atoms with Crippen LogP contribution in [-0.4, -0.2) is 16.7 Å². The standard InChI is InChI=1S/C10H10N2O2S/c1-12-9(13)7-4-3-6(14-2)5-8(7)11-10(12)15/h3-5H,1-2H3,(H,11,15). The molecule has 0 fully saturated rings. The number of H-pyrrole nitrogens is 1. The number of ether oxygens (including phenoxy) is 1. The number of nitrogens with zero attached hydrogens (tertiary/aromatic N) is 1. The van der Waals surface area contributed by atoms with Crippen molar-refractivity contribution in [3.63, 3.8) is 0 Å². The van der Waals surface area contributed by atoms with Crippen LogP contribution in [0.1, 0.15) is 0 Å². The van der Waals surface area contributed by atoms with Crippen LogP contribution in [0.25, 0.3) is 10.9 Å². The summed E-state index contributed by atoms with van der Waals surface area (Å²) >= 11 is 5.01. The van der Waals surface area contributed by atoms with Gasteiger partial charge in [0.2, 0.25) is 0 Å². The molecule has 0 atom stereocenters. The van der Waals surface area contributed by atoms with E-state index in [2.05, 4.69) is 4.98 Å². The van der Waals surface area contributed by atoms with Gasteiger partial charge in [-0.1, -0.05) is 0 Å². The highest BCUT2D eigenvalue weighted by atomic mass is 32.1. The Hall–Kier alpha value is -1.62. The Morgan fingerprint density at radius 2 is 2.20 bits per heavy atom. The van der Waals surface area contributed by atoms with Crippen LogP contribution in [0.3, 0.4) is 0 Å². The van der Waals surface area contributed by atoms with Gasteiger partial charge in [-0.25, -0.2) is 0 Å². The summed E-state index contributed by atoms with van der Waals surface area (Å²) in [5.41, 5.74) is 0.596. The molecule has 2 rings (SSSR count). The Bertz CT molecular complexity index is 627. The summed E-state index contributed by atoms with van der Waals surface area (Å²) in [6, 6.07) is 5.23. The van der Waals surface area contributed by atoms with Crippen molar-refractivity contribution in [3.05, 3.63) is 33.3 Å². The molecule has 0 unspecified atom stereocenters. The van der Waals surface area contributed by atoms with Gasteiger partial charge in [-0.3, -0.25) is 9.36 Å².